The van der Waals surface area contributed by atoms with Crippen LogP contribution in [0.3, 0.4) is 0 Å². The Hall–Kier alpha value is -2.56. The SMILES string of the molecule is CCOc1ccc(OCC(=O)N(Cc2ccncc2)C2CC2)cc1. The third-order valence-corrected chi connectivity index (χ3v) is 3.91. The van der Waals surface area contributed by atoms with E-state index in [0.717, 1.165) is 24.2 Å². The Kier molecular flexibility index (Phi) is 5.31. The molecule has 0 atom stereocenters. The van der Waals surface area contributed by atoms with E-state index in [1.165, 1.54) is 0 Å². The summed E-state index contributed by atoms with van der Waals surface area (Å²) in [7, 11) is 0. The molecule has 0 bridgehead atoms. The molecule has 1 aromatic carbocycles. The number of benzene rings is 1. The Morgan fingerprint density at radius 3 is 2.29 bits per heavy atom. The summed E-state index contributed by atoms with van der Waals surface area (Å²) < 4.78 is 11.0. The van der Waals surface area contributed by atoms with Crippen molar-refractivity contribution in [3.8, 4) is 11.5 Å². The first-order valence-electron chi connectivity index (χ1n) is 8.30. The number of pyridine rings is 1. The van der Waals surface area contributed by atoms with Gasteiger partial charge in [0, 0.05) is 25.0 Å². The van der Waals surface area contributed by atoms with Crippen LogP contribution in [0, 0.1) is 0 Å². The number of nitrogens with zero attached hydrogens (tertiary/aromatic N) is 2. The maximum atomic E-state index is 12.5. The quantitative estimate of drug-likeness (QED) is 0.748. The van der Waals surface area contributed by atoms with E-state index in [2.05, 4.69) is 4.98 Å². The van der Waals surface area contributed by atoms with Gasteiger partial charge in [-0.2, -0.15) is 0 Å². The Morgan fingerprint density at radius 2 is 1.71 bits per heavy atom. The van der Waals surface area contributed by atoms with Crippen LogP contribution in [0.2, 0.25) is 0 Å². The monoisotopic (exact) mass is 326 g/mol. The molecule has 0 radical (unpaired) electrons. The summed E-state index contributed by atoms with van der Waals surface area (Å²) in [6, 6.07) is 11.6. The molecule has 126 valence electrons. The second kappa shape index (κ2) is 7.81. The zero-order valence-electron chi connectivity index (χ0n) is 13.9. The van der Waals surface area contributed by atoms with Crippen LogP contribution in [0.25, 0.3) is 0 Å². The molecule has 1 fully saturated rings. The van der Waals surface area contributed by atoms with Gasteiger partial charge in [0.05, 0.1) is 6.61 Å². The molecule has 1 aromatic heterocycles. The van der Waals surface area contributed by atoms with Crippen LogP contribution in [0.5, 0.6) is 11.5 Å². The van der Waals surface area contributed by atoms with Gasteiger partial charge in [-0.05, 0) is 61.7 Å². The second-order valence-electron chi connectivity index (χ2n) is 5.80. The molecule has 5 nitrogen and oxygen atoms in total. The van der Waals surface area contributed by atoms with Gasteiger partial charge < -0.3 is 14.4 Å². The van der Waals surface area contributed by atoms with E-state index in [1.807, 2.05) is 48.2 Å². The molecule has 0 aliphatic heterocycles. The standard InChI is InChI=1S/C19H22N2O3/c1-2-23-17-5-7-18(8-6-17)24-14-19(22)21(16-3-4-16)13-15-9-11-20-12-10-15/h5-12,16H,2-4,13-14H2,1H3. The van der Waals surface area contributed by atoms with Crippen LogP contribution in [-0.4, -0.2) is 35.0 Å². The van der Waals surface area contributed by atoms with Crippen LogP contribution < -0.4 is 9.47 Å². The second-order valence-corrected chi connectivity index (χ2v) is 5.80. The van der Waals surface area contributed by atoms with Crippen molar-refractivity contribution in [1.29, 1.82) is 0 Å². The largest absolute Gasteiger partial charge is 0.494 e. The summed E-state index contributed by atoms with van der Waals surface area (Å²) in [4.78, 5) is 18.5. The van der Waals surface area contributed by atoms with E-state index in [0.29, 0.717) is 24.9 Å². The first-order valence-corrected chi connectivity index (χ1v) is 8.30. The van der Waals surface area contributed by atoms with Crippen molar-refractivity contribution >= 4 is 5.91 Å². The molecule has 1 aliphatic carbocycles. The molecule has 2 aromatic rings. The first kappa shape index (κ1) is 16.3. The highest BCUT2D eigenvalue weighted by atomic mass is 16.5. The lowest BCUT2D eigenvalue weighted by Gasteiger charge is -2.22. The Balaban J connectivity index is 1.55. The van der Waals surface area contributed by atoms with E-state index in [-0.39, 0.29) is 12.5 Å². The molecule has 5 heteroatoms. The highest BCUT2D eigenvalue weighted by Crippen LogP contribution is 2.28. The zero-order chi connectivity index (χ0) is 16.8. The fraction of sp³-hybridized carbons (Fsp3) is 0.368. The van der Waals surface area contributed by atoms with Crippen molar-refractivity contribution < 1.29 is 14.3 Å². The highest BCUT2D eigenvalue weighted by Gasteiger charge is 2.32. The van der Waals surface area contributed by atoms with Crippen LogP contribution in [0.4, 0.5) is 0 Å². The van der Waals surface area contributed by atoms with Gasteiger partial charge in [-0.3, -0.25) is 9.78 Å². The van der Waals surface area contributed by atoms with Crippen molar-refractivity contribution in [2.24, 2.45) is 0 Å². The van der Waals surface area contributed by atoms with Gasteiger partial charge in [-0.1, -0.05) is 0 Å². The first-order chi connectivity index (χ1) is 11.8. The highest BCUT2D eigenvalue weighted by molar-refractivity contribution is 5.78. The summed E-state index contributed by atoms with van der Waals surface area (Å²) in [5.74, 6) is 1.49. The number of amides is 1. The zero-order valence-corrected chi connectivity index (χ0v) is 13.9. The number of aromatic nitrogens is 1. The summed E-state index contributed by atoms with van der Waals surface area (Å²) in [5, 5.41) is 0. The van der Waals surface area contributed by atoms with Crippen molar-refractivity contribution in [1.82, 2.24) is 9.88 Å². The fourth-order valence-electron chi connectivity index (χ4n) is 2.52. The summed E-state index contributed by atoms with van der Waals surface area (Å²) in [6.07, 6.45) is 5.64. The smallest absolute Gasteiger partial charge is 0.261 e. The maximum absolute atomic E-state index is 12.5. The lowest BCUT2D eigenvalue weighted by atomic mass is 10.2. The minimum atomic E-state index is 0.0168. The number of rotatable bonds is 8. The molecule has 1 saturated carbocycles. The minimum absolute atomic E-state index is 0.0168. The lowest BCUT2D eigenvalue weighted by Crippen LogP contribution is -2.36. The average molecular weight is 326 g/mol. The van der Waals surface area contributed by atoms with E-state index in [4.69, 9.17) is 9.47 Å². The number of ether oxygens (including phenoxy) is 2. The Bertz CT molecular complexity index is 654. The summed E-state index contributed by atoms with van der Waals surface area (Å²) in [5.41, 5.74) is 1.09. The van der Waals surface area contributed by atoms with E-state index in [1.54, 1.807) is 12.4 Å². The topological polar surface area (TPSA) is 51.7 Å². The fourth-order valence-corrected chi connectivity index (χ4v) is 2.52. The van der Waals surface area contributed by atoms with Crippen molar-refractivity contribution in [2.45, 2.75) is 32.4 Å². The van der Waals surface area contributed by atoms with Gasteiger partial charge in [0.15, 0.2) is 6.61 Å². The number of hydrogen-bond acceptors (Lipinski definition) is 4. The normalized spacial score (nSPS) is 13.4. The van der Waals surface area contributed by atoms with Crippen LogP contribution in [0.15, 0.2) is 48.8 Å². The van der Waals surface area contributed by atoms with Gasteiger partial charge in [0.2, 0.25) is 0 Å². The van der Waals surface area contributed by atoms with Crippen molar-refractivity contribution in [2.75, 3.05) is 13.2 Å². The van der Waals surface area contributed by atoms with Gasteiger partial charge in [-0.25, -0.2) is 0 Å². The van der Waals surface area contributed by atoms with Gasteiger partial charge in [0.1, 0.15) is 11.5 Å². The summed E-state index contributed by atoms with van der Waals surface area (Å²) in [6.45, 7) is 3.23. The predicted molar refractivity (Wildman–Crippen MR) is 90.9 cm³/mol. The predicted octanol–water partition coefficient (Wildman–Crippen LogP) is 3.05. The minimum Gasteiger partial charge on any atom is -0.494 e. The number of carbonyl (C=O) groups is 1. The van der Waals surface area contributed by atoms with E-state index in [9.17, 15) is 4.79 Å². The third kappa shape index (κ3) is 4.47. The number of carbonyl (C=O) groups excluding carboxylic acids is 1. The maximum Gasteiger partial charge on any atom is 0.261 e. The molecule has 0 spiro atoms. The molecule has 0 unspecified atom stereocenters. The van der Waals surface area contributed by atoms with Gasteiger partial charge in [0.25, 0.3) is 5.91 Å². The van der Waals surface area contributed by atoms with Gasteiger partial charge in [-0.15, -0.1) is 0 Å². The molecule has 1 amide bonds. The molecule has 1 aliphatic rings. The lowest BCUT2D eigenvalue weighted by molar-refractivity contribution is -0.134. The van der Waals surface area contributed by atoms with E-state index < -0.39 is 0 Å². The molecule has 0 N–H and O–H groups in total. The summed E-state index contributed by atoms with van der Waals surface area (Å²) >= 11 is 0. The third-order valence-electron chi connectivity index (χ3n) is 3.91. The molecular formula is C19H22N2O3. The van der Waals surface area contributed by atoms with Crippen LogP contribution in [-0.2, 0) is 11.3 Å². The molecule has 3 rings (SSSR count). The van der Waals surface area contributed by atoms with Crippen molar-refractivity contribution in [3.63, 3.8) is 0 Å². The van der Waals surface area contributed by atoms with Crippen molar-refractivity contribution in [3.05, 3.63) is 54.4 Å². The van der Waals surface area contributed by atoms with Crippen LogP contribution in [0.1, 0.15) is 25.3 Å². The Morgan fingerprint density at radius 1 is 1.08 bits per heavy atom. The molecule has 1 heterocycles. The Labute approximate surface area is 142 Å². The van der Waals surface area contributed by atoms with Gasteiger partial charge >= 0.3 is 0 Å². The average Bonchev–Trinajstić information content (AvgIpc) is 3.45. The molecule has 24 heavy (non-hydrogen) atoms. The molecule has 0 saturated heterocycles. The van der Waals surface area contributed by atoms with E-state index >= 15 is 0 Å². The number of hydrogen-bond donors (Lipinski definition) is 0. The molecular weight excluding hydrogens is 304 g/mol. The van der Waals surface area contributed by atoms with Crippen LogP contribution >= 0.6 is 0 Å².